The Morgan fingerprint density at radius 3 is 2.49 bits per heavy atom. The fraction of sp³-hybridized carbons (Fsp3) is 0.467. The fourth-order valence-corrected chi connectivity index (χ4v) is 6.24. The smallest absolute Gasteiger partial charge is 0.260 e. The summed E-state index contributed by atoms with van der Waals surface area (Å²) in [6.45, 7) is 8.86. The largest absolute Gasteiger partial charge is 0.495 e. The molecule has 1 N–H and O–H groups in total. The summed E-state index contributed by atoms with van der Waals surface area (Å²) in [6, 6.07) is 3.30. The number of hydrogen-bond donors (Lipinski definition) is 1. The van der Waals surface area contributed by atoms with Crippen LogP contribution >= 0.6 is 23.2 Å². The van der Waals surface area contributed by atoms with E-state index in [4.69, 9.17) is 42.4 Å². The molecule has 0 radical (unpaired) electrons. The van der Waals surface area contributed by atoms with E-state index in [-0.39, 0.29) is 27.6 Å². The third kappa shape index (κ3) is 6.75. The van der Waals surface area contributed by atoms with Gasteiger partial charge in [-0.05, 0) is 37.9 Å². The van der Waals surface area contributed by atoms with E-state index in [1.807, 2.05) is 0 Å². The molecule has 230 valence electrons. The minimum absolute atomic E-state index is 0.0513. The van der Waals surface area contributed by atoms with Crippen LogP contribution in [0.1, 0.15) is 19.3 Å². The van der Waals surface area contributed by atoms with Crippen LogP contribution in [0.3, 0.4) is 0 Å². The van der Waals surface area contributed by atoms with E-state index in [9.17, 15) is 9.59 Å². The number of aromatic nitrogens is 3. The van der Waals surface area contributed by atoms with E-state index < -0.39 is 0 Å². The van der Waals surface area contributed by atoms with Gasteiger partial charge in [0.05, 0.1) is 35.9 Å². The average molecular weight is 632 g/mol. The number of aryl methyl sites for hydroxylation is 1. The Labute approximate surface area is 260 Å². The molecule has 2 aromatic heterocycles. The Morgan fingerprint density at radius 1 is 1.14 bits per heavy atom. The van der Waals surface area contributed by atoms with Crippen molar-refractivity contribution in [3.63, 3.8) is 0 Å². The number of pyridine rings is 1. The van der Waals surface area contributed by atoms with E-state index in [0.29, 0.717) is 72.2 Å². The SMILES string of the molecule is C=CC(=O)N1CCN(CCCn2c(=O)c(-c3c(Cl)c(OC)cc(OC)c3Cl)cc3cnc(NCC4CCCO4)nc32)CC1. The van der Waals surface area contributed by atoms with Gasteiger partial charge < -0.3 is 24.4 Å². The maximum Gasteiger partial charge on any atom is 0.260 e. The summed E-state index contributed by atoms with van der Waals surface area (Å²) in [5, 5.41) is 4.33. The Morgan fingerprint density at radius 2 is 1.86 bits per heavy atom. The first-order valence-corrected chi connectivity index (χ1v) is 15.1. The fourth-order valence-electron chi connectivity index (χ4n) is 5.54. The number of nitrogens with zero attached hydrogens (tertiary/aromatic N) is 5. The van der Waals surface area contributed by atoms with E-state index in [0.717, 1.165) is 39.1 Å². The van der Waals surface area contributed by atoms with Gasteiger partial charge in [-0.25, -0.2) is 4.98 Å². The standard InChI is InChI=1S/C30H36Cl2N6O5/c1-4-24(39)37-12-10-36(11-13-37)8-6-9-38-28-19(17-33-30(35-28)34-18-20-7-5-14-43-20)15-21(29(38)40)25-26(31)22(41-2)16-23(42-3)27(25)32/h4,15-17,20H,1,5-14,18H2,2-3H3,(H,33,34,35). The number of fused-ring (bicyclic) bond motifs is 1. The van der Waals surface area contributed by atoms with E-state index in [1.165, 1.54) is 20.3 Å². The molecule has 4 heterocycles. The second-order valence-electron chi connectivity index (χ2n) is 10.5. The zero-order valence-electron chi connectivity index (χ0n) is 24.4. The first kappa shape index (κ1) is 31.1. The number of amides is 1. The number of ether oxygens (including phenoxy) is 3. The monoisotopic (exact) mass is 630 g/mol. The average Bonchev–Trinajstić information content (AvgIpc) is 3.55. The molecule has 13 heteroatoms. The lowest BCUT2D eigenvalue weighted by atomic mass is 10.0. The highest BCUT2D eigenvalue weighted by atomic mass is 35.5. The molecule has 43 heavy (non-hydrogen) atoms. The number of benzene rings is 1. The van der Waals surface area contributed by atoms with Crippen LogP contribution in [0, 0.1) is 0 Å². The molecule has 1 amide bonds. The Hall–Kier alpha value is -3.38. The third-order valence-corrected chi connectivity index (χ3v) is 8.65. The van der Waals surface area contributed by atoms with Gasteiger partial charge in [0.2, 0.25) is 11.9 Å². The van der Waals surface area contributed by atoms with Gasteiger partial charge in [0, 0.05) is 69.1 Å². The quantitative estimate of drug-likeness (QED) is 0.313. The van der Waals surface area contributed by atoms with Crippen LogP contribution in [-0.4, -0.2) is 96.4 Å². The van der Waals surface area contributed by atoms with Gasteiger partial charge in [-0.3, -0.25) is 19.1 Å². The van der Waals surface area contributed by atoms with Crippen molar-refractivity contribution >= 4 is 46.1 Å². The number of halogens is 2. The highest BCUT2D eigenvalue weighted by Gasteiger charge is 2.24. The van der Waals surface area contributed by atoms with Gasteiger partial charge in [-0.15, -0.1) is 0 Å². The van der Waals surface area contributed by atoms with Crippen LogP contribution in [-0.2, 0) is 16.1 Å². The number of carbonyl (C=O) groups excluding carboxylic acids is 1. The van der Waals surface area contributed by atoms with Gasteiger partial charge in [0.15, 0.2) is 0 Å². The maximum absolute atomic E-state index is 14.2. The van der Waals surface area contributed by atoms with Crippen LogP contribution in [0.25, 0.3) is 22.2 Å². The number of hydrogen-bond acceptors (Lipinski definition) is 9. The molecule has 0 spiro atoms. The number of piperazine rings is 1. The summed E-state index contributed by atoms with van der Waals surface area (Å²) >= 11 is 13.5. The third-order valence-electron chi connectivity index (χ3n) is 7.90. The Balaban J connectivity index is 1.48. The van der Waals surface area contributed by atoms with E-state index in [1.54, 1.807) is 27.8 Å². The summed E-state index contributed by atoms with van der Waals surface area (Å²) in [5.41, 5.74) is 0.822. The predicted octanol–water partition coefficient (Wildman–Crippen LogP) is 4.09. The molecule has 2 fully saturated rings. The Bertz CT molecular complexity index is 1520. The summed E-state index contributed by atoms with van der Waals surface area (Å²) < 4.78 is 18.3. The van der Waals surface area contributed by atoms with Crippen molar-refractivity contribution in [3.8, 4) is 22.6 Å². The number of methoxy groups -OCH3 is 2. The number of carbonyl (C=O) groups is 1. The minimum atomic E-state index is -0.295. The topological polar surface area (TPSA) is 111 Å². The number of rotatable bonds is 11. The predicted molar refractivity (Wildman–Crippen MR) is 168 cm³/mol. The van der Waals surface area contributed by atoms with Crippen LogP contribution in [0.15, 0.2) is 35.8 Å². The van der Waals surface area contributed by atoms with Gasteiger partial charge >= 0.3 is 0 Å². The van der Waals surface area contributed by atoms with E-state index >= 15 is 0 Å². The van der Waals surface area contributed by atoms with Crippen molar-refractivity contribution in [2.45, 2.75) is 31.9 Å². The lowest BCUT2D eigenvalue weighted by molar-refractivity contribution is -0.127. The van der Waals surface area contributed by atoms with Crippen molar-refractivity contribution in [2.24, 2.45) is 0 Å². The summed E-state index contributed by atoms with van der Waals surface area (Å²) in [4.78, 5) is 39.5. The molecule has 3 aromatic rings. The number of anilines is 1. The molecular weight excluding hydrogens is 595 g/mol. The molecule has 1 unspecified atom stereocenters. The zero-order chi connectivity index (χ0) is 30.5. The molecule has 2 aliphatic rings. The second kappa shape index (κ2) is 13.9. The summed E-state index contributed by atoms with van der Waals surface area (Å²) in [5.74, 6) is 1.04. The molecule has 2 saturated heterocycles. The first-order valence-electron chi connectivity index (χ1n) is 14.3. The van der Waals surface area contributed by atoms with Gasteiger partial charge in [0.1, 0.15) is 17.1 Å². The Kier molecular flexibility index (Phi) is 10.1. The first-order chi connectivity index (χ1) is 20.8. The van der Waals surface area contributed by atoms with Crippen molar-refractivity contribution < 1.29 is 19.0 Å². The lowest BCUT2D eigenvalue weighted by Crippen LogP contribution is -2.48. The molecular formula is C30H36Cl2N6O5. The molecule has 0 bridgehead atoms. The van der Waals surface area contributed by atoms with Crippen LogP contribution < -0.4 is 20.3 Å². The van der Waals surface area contributed by atoms with Gasteiger partial charge in [-0.2, -0.15) is 4.98 Å². The minimum Gasteiger partial charge on any atom is -0.495 e. The van der Waals surface area contributed by atoms with Gasteiger partial charge in [0.25, 0.3) is 5.56 Å². The highest BCUT2D eigenvalue weighted by Crippen LogP contribution is 2.45. The molecule has 0 aliphatic carbocycles. The van der Waals surface area contributed by atoms with E-state index in [2.05, 4.69) is 21.8 Å². The molecule has 2 aliphatic heterocycles. The van der Waals surface area contributed by atoms with Crippen molar-refractivity contribution in [1.29, 1.82) is 0 Å². The summed E-state index contributed by atoms with van der Waals surface area (Å²) in [6.07, 6.45) is 5.85. The van der Waals surface area contributed by atoms with Crippen LogP contribution in [0.4, 0.5) is 5.95 Å². The lowest BCUT2D eigenvalue weighted by Gasteiger charge is -2.34. The van der Waals surface area contributed by atoms with Crippen LogP contribution in [0.5, 0.6) is 11.5 Å². The van der Waals surface area contributed by atoms with Crippen LogP contribution in [0.2, 0.25) is 10.0 Å². The molecule has 1 atom stereocenters. The normalized spacial score (nSPS) is 17.3. The number of nitrogens with one attached hydrogen (secondary N) is 1. The van der Waals surface area contributed by atoms with Crippen molar-refractivity contribution in [2.75, 3.05) is 65.4 Å². The molecule has 0 saturated carbocycles. The zero-order valence-corrected chi connectivity index (χ0v) is 25.9. The van der Waals surface area contributed by atoms with Crippen molar-refractivity contribution in [3.05, 3.63) is 51.4 Å². The van der Waals surface area contributed by atoms with Crippen molar-refractivity contribution in [1.82, 2.24) is 24.3 Å². The molecule has 5 rings (SSSR count). The molecule has 11 nitrogen and oxygen atoms in total. The summed E-state index contributed by atoms with van der Waals surface area (Å²) in [7, 11) is 2.98. The second-order valence-corrected chi connectivity index (χ2v) is 11.3. The molecule has 1 aromatic carbocycles. The highest BCUT2D eigenvalue weighted by molar-refractivity contribution is 6.41. The van der Waals surface area contributed by atoms with Gasteiger partial charge in [-0.1, -0.05) is 29.8 Å². The maximum atomic E-state index is 14.2.